The van der Waals surface area contributed by atoms with Crippen molar-refractivity contribution in [3.8, 4) is 22.5 Å². The van der Waals surface area contributed by atoms with Crippen molar-refractivity contribution in [3.63, 3.8) is 0 Å². The van der Waals surface area contributed by atoms with E-state index in [0.29, 0.717) is 15.8 Å². The van der Waals surface area contributed by atoms with Gasteiger partial charge in [-0.2, -0.15) is 5.10 Å². The predicted octanol–water partition coefficient (Wildman–Crippen LogP) is 6.66. The Morgan fingerprint density at radius 1 is 0.800 bits per heavy atom. The quantitative estimate of drug-likeness (QED) is 0.293. The summed E-state index contributed by atoms with van der Waals surface area (Å²) in [5.41, 5.74) is 4.80. The summed E-state index contributed by atoms with van der Waals surface area (Å²) >= 11 is 12.3. The second kappa shape index (κ2) is 7.82. The van der Waals surface area contributed by atoms with Gasteiger partial charge in [-0.1, -0.05) is 89.9 Å². The zero-order chi connectivity index (χ0) is 20.5. The summed E-state index contributed by atoms with van der Waals surface area (Å²) in [5, 5.41) is 5.77. The molecule has 0 fully saturated rings. The lowest BCUT2D eigenvalue weighted by atomic mass is 10.1. The standard InChI is InChI=1S/C24H16Cl2N4/c25-20-12-11-19(21(26)13-20)14-27-30-16-23(18-9-5-2-6-10-18)29-15-22(28-24(29)30)17-7-3-1-4-8-17/h1-16H. The number of benzene rings is 3. The maximum absolute atomic E-state index is 6.29. The summed E-state index contributed by atoms with van der Waals surface area (Å²) < 4.78 is 3.82. The van der Waals surface area contributed by atoms with Crippen molar-refractivity contribution >= 4 is 35.2 Å². The average molecular weight is 431 g/mol. The van der Waals surface area contributed by atoms with Gasteiger partial charge in [0.15, 0.2) is 0 Å². The molecule has 0 unspecified atom stereocenters. The first-order valence-electron chi connectivity index (χ1n) is 9.40. The van der Waals surface area contributed by atoms with Gasteiger partial charge < -0.3 is 0 Å². The number of hydrogen-bond donors (Lipinski definition) is 0. The van der Waals surface area contributed by atoms with Crippen molar-refractivity contribution in [3.05, 3.63) is 107 Å². The molecule has 5 rings (SSSR count). The van der Waals surface area contributed by atoms with Crippen molar-refractivity contribution < 1.29 is 0 Å². The molecule has 6 heteroatoms. The molecule has 0 amide bonds. The van der Waals surface area contributed by atoms with Crippen LogP contribution < -0.4 is 0 Å². The molecule has 0 bridgehead atoms. The lowest BCUT2D eigenvalue weighted by Crippen LogP contribution is -1.91. The summed E-state index contributed by atoms with van der Waals surface area (Å²) in [6, 6.07) is 25.6. The van der Waals surface area contributed by atoms with Crippen molar-refractivity contribution in [2.24, 2.45) is 5.10 Å². The van der Waals surface area contributed by atoms with Crippen LogP contribution in [-0.4, -0.2) is 20.3 Å². The van der Waals surface area contributed by atoms with Gasteiger partial charge in [0, 0.05) is 27.9 Å². The molecule has 2 heterocycles. The van der Waals surface area contributed by atoms with Gasteiger partial charge in [0.05, 0.1) is 28.8 Å². The number of halogens is 2. The Morgan fingerprint density at radius 2 is 1.50 bits per heavy atom. The van der Waals surface area contributed by atoms with Gasteiger partial charge in [0.25, 0.3) is 0 Å². The Morgan fingerprint density at radius 3 is 2.20 bits per heavy atom. The number of hydrogen-bond acceptors (Lipinski definition) is 2. The van der Waals surface area contributed by atoms with E-state index in [1.165, 1.54) is 0 Å². The number of nitrogens with zero attached hydrogens (tertiary/aromatic N) is 4. The molecule has 0 aliphatic rings. The normalized spacial score (nSPS) is 11.5. The largest absolute Gasteiger partial charge is 0.282 e. The molecule has 0 N–H and O–H groups in total. The highest BCUT2D eigenvalue weighted by atomic mass is 35.5. The van der Waals surface area contributed by atoms with Gasteiger partial charge in [-0.15, -0.1) is 0 Å². The molecule has 146 valence electrons. The van der Waals surface area contributed by atoms with E-state index >= 15 is 0 Å². The molecule has 0 aliphatic carbocycles. The Balaban J connectivity index is 1.65. The maximum atomic E-state index is 6.29. The molecule has 0 saturated heterocycles. The minimum Gasteiger partial charge on any atom is -0.282 e. The Hall–Kier alpha value is -3.34. The van der Waals surface area contributed by atoms with Crippen LogP contribution in [0.4, 0.5) is 0 Å². The van der Waals surface area contributed by atoms with Gasteiger partial charge in [0.2, 0.25) is 5.78 Å². The van der Waals surface area contributed by atoms with Crippen LogP contribution in [0.15, 0.2) is 96.4 Å². The van der Waals surface area contributed by atoms with Crippen LogP contribution >= 0.6 is 23.2 Å². The summed E-state index contributed by atoms with van der Waals surface area (Å²) in [7, 11) is 0. The van der Waals surface area contributed by atoms with Crippen LogP contribution in [0.3, 0.4) is 0 Å². The molecular weight excluding hydrogens is 415 g/mol. The third-order valence-electron chi connectivity index (χ3n) is 4.82. The molecule has 0 aliphatic heterocycles. The van der Waals surface area contributed by atoms with Crippen LogP contribution in [0.5, 0.6) is 0 Å². The van der Waals surface area contributed by atoms with E-state index in [1.54, 1.807) is 23.0 Å². The molecular formula is C24H16Cl2N4. The number of imidazole rings is 2. The van der Waals surface area contributed by atoms with E-state index in [1.807, 2.05) is 67.0 Å². The van der Waals surface area contributed by atoms with E-state index in [-0.39, 0.29) is 0 Å². The number of fused-ring (bicyclic) bond motifs is 1. The van der Waals surface area contributed by atoms with Crippen LogP contribution in [-0.2, 0) is 0 Å². The fourth-order valence-corrected chi connectivity index (χ4v) is 3.79. The predicted molar refractivity (Wildman–Crippen MR) is 124 cm³/mol. The van der Waals surface area contributed by atoms with E-state index in [9.17, 15) is 0 Å². The van der Waals surface area contributed by atoms with Crippen LogP contribution in [0.2, 0.25) is 10.0 Å². The maximum Gasteiger partial charge on any atom is 0.236 e. The Kier molecular flexibility index (Phi) is 4.87. The second-order valence-electron chi connectivity index (χ2n) is 6.80. The first-order chi connectivity index (χ1) is 14.7. The van der Waals surface area contributed by atoms with Gasteiger partial charge in [0.1, 0.15) is 0 Å². The molecule has 0 radical (unpaired) electrons. The minimum atomic E-state index is 0.547. The number of aromatic nitrogens is 3. The van der Waals surface area contributed by atoms with Gasteiger partial charge >= 0.3 is 0 Å². The van der Waals surface area contributed by atoms with E-state index in [4.69, 9.17) is 28.2 Å². The zero-order valence-electron chi connectivity index (χ0n) is 15.8. The highest BCUT2D eigenvalue weighted by molar-refractivity contribution is 6.36. The fraction of sp³-hybridized carbons (Fsp3) is 0. The Labute approximate surface area is 183 Å². The molecule has 5 aromatic rings. The lowest BCUT2D eigenvalue weighted by molar-refractivity contribution is 0.906. The van der Waals surface area contributed by atoms with Gasteiger partial charge in [-0.05, 0) is 12.1 Å². The second-order valence-corrected chi connectivity index (χ2v) is 7.64. The fourth-order valence-electron chi connectivity index (χ4n) is 3.33. The third-order valence-corrected chi connectivity index (χ3v) is 5.38. The molecule has 0 spiro atoms. The monoisotopic (exact) mass is 430 g/mol. The van der Waals surface area contributed by atoms with E-state index < -0.39 is 0 Å². The SMILES string of the molecule is Clc1ccc(C=Nn2cc(-c3ccccc3)n3cc(-c4ccccc4)nc23)c(Cl)c1. The van der Waals surface area contributed by atoms with Crippen LogP contribution in [0.1, 0.15) is 5.56 Å². The molecule has 4 nitrogen and oxygen atoms in total. The molecule has 0 atom stereocenters. The molecule has 30 heavy (non-hydrogen) atoms. The first-order valence-corrected chi connectivity index (χ1v) is 10.2. The number of rotatable bonds is 4. The average Bonchev–Trinajstić information content (AvgIpc) is 3.34. The van der Waals surface area contributed by atoms with Crippen molar-refractivity contribution in [1.82, 2.24) is 14.1 Å². The van der Waals surface area contributed by atoms with Crippen molar-refractivity contribution in [1.29, 1.82) is 0 Å². The summed E-state index contributed by atoms with van der Waals surface area (Å²) in [6.07, 6.45) is 5.71. The van der Waals surface area contributed by atoms with Gasteiger partial charge in [-0.25, -0.2) is 9.66 Å². The highest BCUT2D eigenvalue weighted by Crippen LogP contribution is 2.27. The lowest BCUT2D eigenvalue weighted by Gasteiger charge is -1.99. The van der Waals surface area contributed by atoms with Crippen molar-refractivity contribution in [2.75, 3.05) is 0 Å². The van der Waals surface area contributed by atoms with E-state index in [0.717, 1.165) is 28.1 Å². The van der Waals surface area contributed by atoms with E-state index in [2.05, 4.69) is 21.6 Å². The highest BCUT2D eigenvalue weighted by Gasteiger charge is 2.14. The third kappa shape index (κ3) is 3.52. The van der Waals surface area contributed by atoms with Crippen LogP contribution in [0.25, 0.3) is 28.3 Å². The zero-order valence-corrected chi connectivity index (χ0v) is 17.3. The molecule has 2 aromatic heterocycles. The Bertz CT molecular complexity index is 1350. The first kappa shape index (κ1) is 18.7. The smallest absolute Gasteiger partial charge is 0.236 e. The van der Waals surface area contributed by atoms with Crippen LogP contribution in [0, 0.1) is 0 Å². The molecule has 0 saturated carbocycles. The summed E-state index contributed by atoms with van der Waals surface area (Å²) in [5.74, 6) is 0.717. The topological polar surface area (TPSA) is 34.6 Å². The van der Waals surface area contributed by atoms with Crippen molar-refractivity contribution in [2.45, 2.75) is 0 Å². The van der Waals surface area contributed by atoms with Gasteiger partial charge in [-0.3, -0.25) is 4.40 Å². The summed E-state index contributed by atoms with van der Waals surface area (Å²) in [6.45, 7) is 0. The summed E-state index contributed by atoms with van der Waals surface area (Å²) in [4.78, 5) is 4.84. The minimum absolute atomic E-state index is 0.547. The molecule has 3 aromatic carbocycles.